The Balaban J connectivity index is 1.33. The zero-order valence-corrected chi connectivity index (χ0v) is 15.1. The number of hydrogen-bond donors (Lipinski definition) is 2. The number of rotatable bonds is 2. The first kappa shape index (κ1) is 17.3. The van der Waals surface area contributed by atoms with Crippen molar-refractivity contribution in [3.8, 4) is 5.75 Å². The number of nitrogens with one attached hydrogen (secondary N) is 1. The fourth-order valence-corrected chi connectivity index (χ4v) is 4.69. The number of para-hydroxylation sites is 1. The van der Waals surface area contributed by atoms with E-state index >= 15 is 0 Å². The zero-order valence-electron chi connectivity index (χ0n) is 15.1. The minimum atomic E-state index is -0.166. The first-order chi connectivity index (χ1) is 12.6. The number of aromatic hydroxyl groups is 1. The number of piperazine rings is 1. The van der Waals surface area contributed by atoms with E-state index in [1.165, 1.54) is 31.7 Å². The van der Waals surface area contributed by atoms with Crippen LogP contribution in [-0.4, -0.2) is 65.0 Å². The van der Waals surface area contributed by atoms with E-state index in [4.69, 9.17) is 0 Å². The molecule has 2 heterocycles. The van der Waals surface area contributed by atoms with Crippen molar-refractivity contribution in [2.45, 2.75) is 44.2 Å². The molecule has 1 aromatic carbocycles. The molecule has 2 saturated heterocycles. The smallest absolute Gasteiger partial charge is 0.257 e. The van der Waals surface area contributed by atoms with Crippen LogP contribution in [0.25, 0.3) is 0 Å². The van der Waals surface area contributed by atoms with Crippen LogP contribution in [0, 0.1) is 5.92 Å². The maximum Gasteiger partial charge on any atom is 0.257 e. The maximum atomic E-state index is 12.9. The van der Waals surface area contributed by atoms with E-state index in [2.05, 4.69) is 5.32 Å². The standard InChI is InChI=1S/C20H27N3O3/c24-18-8-4-2-6-15(18)19(25)22-9-11-23(12-10-22)20(26)17-13-14-5-1-3-7-16(14)21-17/h2,4,6,8,14,16-17,21,24H,1,3,5,7,9-13H2. The molecule has 0 spiro atoms. The second-order valence-corrected chi connectivity index (χ2v) is 7.74. The number of carbonyl (C=O) groups excluding carboxylic acids is 2. The molecule has 3 aliphatic rings. The van der Waals surface area contributed by atoms with Crippen LogP contribution in [0.3, 0.4) is 0 Å². The number of phenolic OH excluding ortho intramolecular Hbond substituents is 1. The largest absolute Gasteiger partial charge is 0.507 e. The minimum Gasteiger partial charge on any atom is -0.507 e. The second-order valence-electron chi connectivity index (χ2n) is 7.74. The first-order valence-electron chi connectivity index (χ1n) is 9.75. The summed E-state index contributed by atoms with van der Waals surface area (Å²) in [4.78, 5) is 29.1. The third kappa shape index (κ3) is 3.30. The highest BCUT2D eigenvalue weighted by Gasteiger charge is 2.40. The Bertz CT molecular complexity index is 671. The van der Waals surface area contributed by atoms with E-state index in [1.54, 1.807) is 23.1 Å². The highest BCUT2D eigenvalue weighted by atomic mass is 16.3. The number of hydrogen-bond acceptors (Lipinski definition) is 4. The summed E-state index contributed by atoms with van der Waals surface area (Å²) in [6.45, 7) is 2.15. The Morgan fingerprint density at radius 3 is 2.42 bits per heavy atom. The minimum absolute atomic E-state index is 0.00812. The number of carbonyl (C=O) groups is 2. The highest BCUT2D eigenvalue weighted by Crippen LogP contribution is 2.33. The lowest BCUT2D eigenvalue weighted by molar-refractivity contribution is -0.134. The molecule has 26 heavy (non-hydrogen) atoms. The Labute approximate surface area is 154 Å². The molecule has 0 bridgehead atoms. The molecule has 3 atom stereocenters. The molecular weight excluding hydrogens is 330 g/mol. The maximum absolute atomic E-state index is 12.9. The summed E-state index contributed by atoms with van der Waals surface area (Å²) in [5, 5.41) is 13.4. The average molecular weight is 357 g/mol. The molecule has 140 valence electrons. The topological polar surface area (TPSA) is 72.9 Å². The van der Waals surface area contributed by atoms with Gasteiger partial charge in [0.1, 0.15) is 5.75 Å². The molecule has 2 aliphatic heterocycles. The molecule has 0 aromatic heterocycles. The van der Waals surface area contributed by atoms with Crippen molar-refractivity contribution in [2.75, 3.05) is 26.2 Å². The Morgan fingerprint density at radius 2 is 1.69 bits per heavy atom. The van der Waals surface area contributed by atoms with Crippen molar-refractivity contribution >= 4 is 11.8 Å². The van der Waals surface area contributed by atoms with Crippen molar-refractivity contribution in [1.82, 2.24) is 15.1 Å². The number of fused-ring (bicyclic) bond motifs is 1. The van der Waals surface area contributed by atoms with E-state index in [9.17, 15) is 14.7 Å². The summed E-state index contributed by atoms with van der Waals surface area (Å²) in [6.07, 6.45) is 5.95. The van der Waals surface area contributed by atoms with Crippen LogP contribution >= 0.6 is 0 Å². The lowest BCUT2D eigenvalue weighted by Gasteiger charge is -2.36. The summed E-state index contributed by atoms with van der Waals surface area (Å²) in [7, 11) is 0. The summed E-state index contributed by atoms with van der Waals surface area (Å²) in [5.74, 6) is 0.685. The van der Waals surface area contributed by atoms with E-state index < -0.39 is 0 Å². The molecule has 1 saturated carbocycles. The molecule has 3 fully saturated rings. The molecule has 4 rings (SSSR count). The van der Waals surface area contributed by atoms with Gasteiger partial charge in [0.2, 0.25) is 5.91 Å². The van der Waals surface area contributed by atoms with Gasteiger partial charge in [-0.1, -0.05) is 25.0 Å². The van der Waals surface area contributed by atoms with Crippen molar-refractivity contribution in [3.63, 3.8) is 0 Å². The van der Waals surface area contributed by atoms with Crippen molar-refractivity contribution in [3.05, 3.63) is 29.8 Å². The van der Waals surface area contributed by atoms with Crippen molar-refractivity contribution in [1.29, 1.82) is 0 Å². The van der Waals surface area contributed by atoms with Gasteiger partial charge in [-0.05, 0) is 37.3 Å². The van der Waals surface area contributed by atoms with Crippen LogP contribution in [0.15, 0.2) is 24.3 Å². The molecule has 6 nitrogen and oxygen atoms in total. The van der Waals surface area contributed by atoms with Crippen LogP contribution in [-0.2, 0) is 4.79 Å². The zero-order chi connectivity index (χ0) is 18.1. The fourth-order valence-electron chi connectivity index (χ4n) is 4.69. The molecule has 2 amide bonds. The third-order valence-corrected chi connectivity index (χ3v) is 6.17. The van der Waals surface area contributed by atoms with Crippen molar-refractivity contribution < 1.29 is 14.7 Å². The van der Waals surface area contributed by atoms with Gasteiger partial charge in [0.15, 0.2) is 0 Å². The summed E-state index contributed by atoms with van der Waals surface area (Å²) in [5.41, 5.74) is 0.328. The van der Waals surface area contributed by atoms with Gasteiger partial charge in [0.05, 0.1) is 11.6 Å². The van der Waals surface area contributed by atoms with Gasteiger partial charge in [0.25, 0.3) is 5.91 Å². The summed E-state index contributed by atoms with van der Waals surface area (Å²) >= 11 is 0. The third-order valence-electron chi connectivity index (χ3n) is 6.17. The molecule has 3 unspecified atom stereocenters. The lowest BCUT2D eigenvalue weighted by Crippen LogP contribution is -2.54. The van der Waals surface area contributed by atoms with Gasteiger partial charge >= 0.3 is 0 Å². The van der Waals surface area contributed by atoms with Crippen LogP contribution < -0.4 is 5.32 Å². The number of nitrogens with zero attached hydrogens (tertiary/aromatic N) is 2. The average Bonchev–Trinajstić information content (AvgIpc) is 3.11. The van der Waals surface area contributed by atoms with E-state index in [-0.39, 0.29) is 23.6 Å². The van der Waals surface area contributed by atoms with Crippen LogP contribution in [0.1, 0.15) is 42.5 Å². The summed E-state index contributed by atoms with van der Waals surface area (Å²) < 4.78 is 0. The molecule has 1 aliphatic carbocycles. The molecule has 6 heteroatoms. The van der Waals surface area contributed by atoms with Gasteiger partial charge in [0, 0.05) is 32.2 Å². The predicted octanol–water partition coefficient (Wildman–Crippen LogP) is 1.60. The second kappa shape index (κ2) is 7.27. The monoisotopic (exact) mass is 357 g/mol. The number of benzene rings is 1. The lowest BCUT2D eigenvalue weighted by atomic mass is 9.85. The van der Waals surface area contributed by atoms with Gasteiger partial charge in [-0.25, -0.2) is 0 Å². The predicted molar refractivity (Wildman–Crippen MR) is 97.9 cm³/mol. The van der Waals surface area contributed by atoms with Gasteiger partial charge in [-0.15, -0.1) is 0 Å². The molecular formula is C20H27N3O3. The fraction of sp³-hybridized carbons (Fsp3) is 0.600. The SMILES string of the molecule is O=C(c1ccccc1O)N1CCN(C(=O)C2CC3CCCCC3N2)CC1. The number of phenols is 1. The Morgan fingerprint density at radius 1 is 1.00 bits per heavy atom. The number of amides is 2. The Kier molecular flexibility index (Phi) is 4.85. The quantitative estimate of drug-likeness (QED) is 0.843. The molecule has 2 N–H and O–H groups in total. The molecule has 0 radical (unpaired) electrons. The summed E-state index contributed by atoms with van der Waals surface area (Å²) in [6, 6.07) is 7.08. The van der Waals surface area contributed by atoms with Gasteiger partial charge < -0.3 is 20.2 Å². The van der Waals surface area contributed by atoms with E-state index in [0.29, 0.717) is 43.7 Å². The van der Waals surface area contributed by atoms with Crippen LogP contribution in [0.2, 0.25) is 0 Å². The van der Waals surface area contributed by atoms with Crippen LogP contribution in [0.4, 0.5) is 0 Å². The van der Waals surface area contributed by atoms with Crippen LogP contribution in [0.5, 0.6) is 5.75 Å². The first-order valence-corrected chi connectivity index (χ1v) is 9.75. The normalized spacial score (nSPS) is 28.7. The van der Waals surface area contributed by atoms with Crippen molar-refractivity contribution in [2.24, 2.45) is 5.92 Å². The van der Waals surface area contributed by atoms with Gasteiger partial charge in [-0.2, -0.15) is 0 Å². The Hall–Kier alpha value is -2.08. The van der Waals surface area contributed by atoms with E-state index in [1.807, 2.05) is 4.90 Å². The molecule has 1 aromatic rings. The van der Waals surface area contributed by atoms with Gasteiger partial charge in [-0.3, -0.25) is 9.59 Å². The van der Waals surface area contributed by atoms with E-state index in [0.717, 1.165) is 6.42 Å². The highest BCUT2D eigenvalue weighted by molar-refractivity contribution is 5.97.